The first-order valence-electron chi connectivity index (χ1n) is 7.95. The minimum Gasteiger partial charge on any atom is -0.349 e. The summed E-state index contributed by atoms with van der Waals surface area (Å²) in [4.78, 5) is 12.4. The Kier molecular flexibility index (Phi) is 4.68. The van der Waals surface area contributed by atoms with Gasteiger partial charge in [0.1, 0.15) is 0 Å². The first-order valence-corrected chi connectivity index (χ1v) is 7.95. The van der Waals surface area contributed by atoms with E-state index in [1.165, 1.54) is 12.8 Å². The lowest BCUT2D eigenvalue weighted by Crippen LogP contribution is -2.48. The number of nitrogens with zero attached hydrogens (tertiary/aromatic N) is 2. The van der Waals surface area contributed by atoms with Gasteiger partial charge in [0.2, 0.25) is 0 Å². The van der Waals surface area contributed by atoms with E-state index in [1.807, 2.05) is 36.5 Å². The monoisotopic (exact) mass is 332 g/mol. The van der Waals surface area contributed by atoms with E-state index in [1.54, 1.807) is 10.9 Å². The quantitative estimate of drug-likeness (QED) is 0.906. The van der Waals surface area contributed by atoms with Crippen molar-refractivity contribution >= 4 is 18.3 Å². The van der Waals surface area contributed by atoms with Crippen molar-refractivity contribution in [3.8, 4) is 5.69 Å². The Morgan fingerprint density at radius 2 is 1.87 bits per heavy atom. The number of benzene rings is 1. The summed E-state index contributed by atoms with van der Waals surface area (Å²) in [5.74, 6) is 0.0262. The SMILES string of the molecule is Cl.O=C(NC1CC2CCC(C1)N2)c1ccc(-n2cccn2)cc1. The van der Waals surface area contributed by atoms with Crippen LogP contribution in [-0.2, 0) is 0 Å². The summed E-state index contributed by atoms with van der Waals surface area (Å²) >= 11 is 0. The van der Waals surface area contributed by atoms with Crippen LogP contribution in [-0.4, -0.2) is 33.8 Å². The summed E-state index contributed by atoms with van der Waals surface area (Å²) in [5, 5.41) is 11.0. The van der Waals surface area contributed by atoms with Gasteiger partial charge in [0, 0.05) is 36.1 Å². The van der Waals surface area contributed by atoms with Gasteiger partial charge in [-0.05, 0) is 56.0 Å². The minimum absolute atomic E-state index is 0. The second-order valence-electron chi connectivity index (χ2n) is 6.28. The Morgan fingerprint density at radius 1 is 1.17 bits per heavy atom. The normalized spacial score (nSPS) is 25.7. The van der Waals surface area contributed by atoms with E-state index in [0.717, 1.165) is 18.5 Å². The van der Waals surface area contributed by atoms with Crippen LogP contribution in [0.4, 0.5) is 0 Å². The molecular weight excluding hydrogens is 312 g/mol. The topological polar surface area (TPSA) is 59.0 Å². The maximum Gasteiger partial charge on any atom is 0.251 e. The van der Waals surface area contributed by atoms with Crippen molar-refractivity contribution in [2.75, 3.05) is 0 Å². The van der Waals surface area contributed by atoms with Crippen molar-refractivity contribution in [1.29, 1.82) is 0 Å². The van der Waals surface area contributed by atoms with Gasteiger partial charge in [-0.2, -0.15) is 5.10 Å². The fourth-order valence-corrected chi connectivity index (χ4v) is 3.63. The molecule has 1 aromatic heterocycles. The summed E-state index contributed by atoms with van der Waals surface area (Å²) in [6, 6.07) is 10.9. The largest absolute Gasteiger partial charge is 0.349 e. The van der Waals surface area contributed by atoms with Crippen LogP contribution in [0.1, 0.15) is 36.0 Å². The maximum absolute atomic E-state index is 12.4. The predicted molar refractivity (Wildman–Crippen MR) is 91.2 cm³/mol. The second kappa shape index (κ2) is 6.72. The van der Waals surface area contributed by atoms with Crippen LogP contribution in [0.5, 0.6) is 0 Å². The summed E-state index contributed by atoms with van der Waals surface area (Å²) in [7, 11) is 0. The molecule has 3 heterocycles. The average Bonchev–Trinajstić information content (AvgIpc) is 3.17. The van der Waals surface area contributed by atoms with Gasteiger partial charge in [-0.25, -0.2) is 4.68 Å². The molecule has 2 aromatic rings. The zero-order chi connectivity index (χ0) is 14.9. The Hall–Kier alpha value is -1.85. The molecule has 2 atom stereocenters. The molecule has 122 valence electrons. The van der Waals surface area contributed by atoms with Crippen molar-refractivity contribution in [3.63, 3.8) is 0 Å². The maximum atomic E-state index is 12.4. The number of fused-ring (bicyclic) bond motifs is 2. The first kappa shape index (κ1) is 16.0. The van der Waals surface area contributed by atoms with E-state index in [2.05, 4.69) is 15.7 Å². The Balaban J connectivity index is 0.00000156. The van der Waals surface area contributed by atoms with Crippen molar-refractivity contribution in [2.45, 2.75) is 43.8 Å². The molecule has 23 heavy (non-hydrogen) atoms. The number of piperidine rings is 1. The molecule has 2 fully saturated rings. The number of carbonyl (C=O) groups excluding carboxylic acids is 1. The van der Waals surface area contributed by atoms with Gasteiger partial charge in [0.15, 0.2) is 0 Å². The van der Waals surface area contributed by atoms with Gasteiger partial charge in [-0.3, -0.25) is 4.79 Å². The highest BCUT2D eigenvalue weighted by Gasteiger charge is 2.34. The molecule has 2 bridgehead atoms. The van der Waals surface area contributed by atoms with Crippen LogP contribution < -0.4 is 10.6 Å². The fraction of sp³-hybridized carbons (Fsp3) is 0.412. The molecule has 5 nitrogen and oxygen atoms in total. The molecule has 0 saturated carbocycles. The minimum atomic E-state index is 0. The van der Waals surface area contributed by atoms with Crippen LogP contribution in [0.2, 0.25) is 0 Å². The summed E-state index contributed by atoms with van der Waals surface area (Å²) in [6.07, 6.45) is 8.22. The van der Waals surface area contributed by atoms with E-state index >= 15 is 0 Å². The van der Waals surface area contributed by atoms with Gasteiger partial charge in [-0.1, -0.05) is 0 Å². The Morgan fingerprint density at radius 3 is 2.48 bits per heavy atom. The average molecular weight is 333 g/mol. The molecule has 0 spiro atoms. The number of nitrogens with one attached hydrogen (secondary N) is 2. The fourth-order valence-electron chi connectivity index (χ4n) is 3.63. The van der Waals surface area contributed by atoms with E-state index in [-0.39, 0.29) is 18.3 Å². The smallest absolute Gasteiger partial charge is 0.251 e. The Bertz CT molecular complexity index is 644. The molecule has 1 aromatic carbocycles. The lowest BCUT2D eigenvalue weighted by molar-refractivity contribution is 0.0924. The third-order valence-corrected chi connectivity index (χ3v) is 4.71. The molecule has 4 rings (SSSR count). The molecule has 2 unspecified atom stereocenters. The summed E-state index contributed by atoms with van der Waals surface area (Å²) < 4.78 is 1.78. The third-order valence-electron chi connectivity index (χ3n) is 4.71. The number of hydrogen-bond acceptors (Lipinski definition) is 3. The van der Waals surface area contributed by atoms with Crippen LogP contribution in [0, 0.1) is 0 Å². The van der Waals surface area contributed by atoms with Crippen molar-refractivity contribution in [3.05, 3.63) is 48.3 Å². The number of carbonyl (C=O) groups is 1. The van der Waals surface area contributed by atoms with Crippen molar-refractivity contribution in [1.82, 2.24) is 20.4 Å². The molecule has 2 aliphatic rings. The van der Waals surface area contributed by atoms with Gasteiger partial charge < -0.3 is 10.6 Å². The molecule has 2 N–H and O–H groups in total. The van der Waals surface area contributed by atoms with E-state index in [4.69, 9.17) is 0 Å². The molecule has 2 saturated heterocycles. The lowest BCUT2D eigenvalue weighted by atomic mass is 9.99. The van der Waals surface area contributed by atoms with Gasteiger partial charge in [0.25, 0.3) is 5.91 Å². The van der Waals surface area contributed by atoms with E-state index in [9.17, 15) is 4.79 Å². The highest BCUT2D eigenvalue weighted by atomic mass is 35.5. The summed E-state index contributed by atoms with van der Waals surface area (Å²) in [6.45, 7) is 0. The number of halogens is 1. The lowest BCUT2D eigenvalue weighted by Gasteiger charge is -2.29. The highest BCUT2D eigenvalue weighted by Crippen LogP contribution is 2.26. The zero-order valence-corrected chi connectivity index (χ0v) is 13.6. The van der Waals surface area contributed by atoms with E-state index < -0.39 is 0 Å². The van der Waals surface area contributed by atoms with Gasteiger partial charge >= 0.3 is 0 Å². The third kappa shape index (κ3) is 3.41. The standard InChI is InChI=1S/C17H20N4O.ClH/c22-17(20-15-10-13-4-5-14(11-15)19-13)12-2-6-16(7-3-12)21-9-1-8-18-21;/h1-3,6-9,13-15,19H,4-5,10-11H2,(H,20,22);1H. The molecule has 0 radical (unpaired) electrons. The zero-order valence-electron chi connectivity index (χ0n) is 12.8. The number of amides is 1. The van der Waals surface area contributed by atoms with Gasteiger partial charge in [-0.15, -0.1) is 12.4 Å². The van der Waals surface area contributed by atoms with Crippen LogP contribution in [0.15, 0.2) is 42.7 Å². The molecule has 6 heteroatoms. The van der Waals surface area contributed by atoms with Crippen molar-refractivity contribution in [2.24, 2.45) is 0 Å². The van der Waals surface area contributed by atoms with Crippen LogP contribution in [0.25, 0.3) is 5.69 Å². The molecule has 0 aliphatic carbocycles. The number of hydrogen-bond donors (Lipinski definition) is 2. The Labute approximate surface area is 141 Å². The number of rotatable bonds is 3. The molecule has 1 amide bonds. The summed E-state index contributed by atoms with van der Waals surface area (Å²) in [5.41, 5.74) is 1.67. The van der Waals surface area contributed by atoms with Gasteiger partial charge in [0.05, 0.1) is 5.69 Å². The van der Waals surface area contributed by atoms with Crippen molar-refractivity contribution < 1.29 is 4.79 Å². The molecular formula is C17H21ClN4O. The van der Waals surface area contributed by atoms with Crippen LogP contribution in [0.3, 0.4) is 0 Å². The van der Waals surface area contributed by atoms with E-state index in [0.29, 0.717) is 23.7 Å². The number of aromatic nitrogens is 2. The predicted octanol–water partition coefficient (Wildman–Crippen LogP) is 2.31. The second-order valence-corrected chi connectivity index (χ2v) is 6.28. The highest BCUT2D eigenvalue weighted by molar-refractivity contribution is 5.94. The van der Waals surface area contributed by atoms with Crippen LogP contribution >= 0.6 is 12.4 Å². The molecule has 2 aliphatic heterocycles. The first-order chi connectivity index (χ1) is 10.8.